The zero-order chi connectivity index (χ0) is 16.5. The van der Waals surface area contributed by atoms with E-state index in [1.165, 1.54) is 0 Å². The number of aliphatic hydroxyl groups is 6. The lowest BCUT2D eigenvalue weighted by atomic mass is 10.0. The molecule has 4 atom stereocenters. The zero-order valence-corrected chi connectivity index (χ0v) is 11.9. The van der Waals surface area contributed by atoms with Crippen molar-refractivity contribution in [1.82, 2.24) is 0 Å². The standard InChI is InChI=1S/C6H12O7.C5H14NO/c7-1-2(8)3(9)4(10)5(11)6(12)13;1-6(2,3)4-5-7/h2-5,7-11H,1H2,(H,12,13);7H,4-5H2,1-3H3/q;+1. The summed E-state index contributed by atoms with van der Waals surface area (Å²) < 4.78 is 0.844. The molecule has 7 N–H and O–H groups in total. The monoisotopic (exact) mass is 300 g/mol. The topological polar surface area (TPSA) is 159 Å². The number of likely N-dealkylation sites (N-methyl/N-ethyl adjacent to an activating group) is 1. The second kappa shape index (κ2) is 10.00. The van der Waals surface area contributed by atoms with Crippen LogP contribution in [0, 0.1) is 0 Å². The number of hydrogen-bond acceptors (Lipinski definition) is 7. The summed E-state index contributed by atoms with van der Waals surface area (Å²) in [7, 11) is 6.16. The van der Waals surface area contributed by atoms with Crippen molar-refractivity contribution in [2.75, 3.05) is 40.9 Å². The van der Waals surface area contributed by atoms with Crippen molar-refractivity contribution in [2.24, 2.45) is 0 Å². The van der Waals surface area contributed by atoms with Crippen LogP contribution < -0.4 is 0 Å². The van der Waals surface area contributed by atoms with Crippen LogP contribution in [-0.2, 0) is 4.79 Å². The van der Waals surface area contributed by atoms with Gasteiger partial charge in [0.25, 0.3) is 0 Å². The van der Waals surface area contributed by atoms with Gasteiger partial charge < -0.3 is 40.2 Å². The van der Waals surface area contributed by atoms with Gasteiger partial charge in [-0.05, 0) is 0 Å². The molecular weight excluding hydrogens is 274 g/mol. The number of carboxylic acids is 1. The number of aliphatic carboxylic acids is 1. The molecule has 122 valence electrons. The van der Waals surface area contributed by atoms with E-state index in [2.05, 4.69) is 21.1 Å². The number of carboxylic acid groups (broad SMARTS) is 1. The summed E-state index contributed by atoms with van der Waals surface area (Å²) in [5.74, 6) is -1.73. The third kappa shape index (κ3) is 10.0. The maximum Gasteiger partial charge on any atom is 0.335 e. The lowest BCUT2D eigenvalue weighted by molar-refractivity contribution is -0.870. The van der Waals surface area contributed by atoms with Gasteiger partial charge in [0.05, 0.1) is 34.4 Å². The quantitative estimate of drug-likeness (QED) is 0.236. The van der Waals surface area contributed by atoms with Crippen molar-refractivity contribution >= 4 is 5.97 Å². The fourth-order valence-electron chi connectivity index (χ4n) is 0.968. The minimum Gasteiger partial charge on any atom is -0.479 e. The first-order valence-corrected chi connectivity index (χ1v) is 5.95. The Labute approximate surface area is 117 Å². The van der Waals surface area contributed by atoms with E-state index in [9.17, 15) is 4.79 Å². The Balaban J connectivity index is 0. The van der Waals surface area contributed by atoms with Crippen LogP contribution in [0.4, 0.5) is 0 Å². The Kier molecular flexibility index (Phi) is 10.7. The number of nitrogens with zero attached hydrogens (tertiary/aromatic N) is 1. The van der Waals surface area contributed by atoms with Gasteiger partial charge in [-0.15, -0.1) is 0 Å². The highest BCUT2D eigenvalue weighted by atomic mass is 16.4. The molecule has 0 amide bonds. The largest absolute Gasteiger partial charge is 0.479 e. The highest BCUT2D eigenvalue weighted by molar-refractivity contribution is 5.72. The summed E-state index contributed by atoms with van der Waals surface area (Å²) in [6.45, 7) is 0.272. The van der Waals surface area contributed by atoms with E-state index in [0.29, 0.717) is 0 Å². The van der Waals surface area contributed by atoms with E-state index >= 15 is 0 Å². The third-order valence-corrected chi connectivity index (χ3v) is 2.28. The Hall–Kier alpha value is -0.810. The molecule has 4 unspecified atom stereocenters. The normalized spacial score (nSPS) is 17.4. The maximum absolute atomic E-state index is 10.1. The molecule has 0 heterocycles. The molecule has 20 heavy (non-hydrogen) atoms. The van der Waals surface area contributed by atoms with E-state index in [4.69, 9.17) is 35.7 Å². The lowest BCUT2D eigenvalue weighted by Crippen LogP contribution is -2.48. The van der Waals surface area contributed by atoms with E-state index in [-0.39, 0.29) is 6.61 Å². The van der Waals surface area contributed by atoms with E-state index in [1.807, 2.05) is 0 Å². The highest BCUT2D eigenvalue weighted by Crippen LogP contribution is 2.04. The van der Waals surface area contributed by atoms with Crippen LogP contribution in [0.3, 0.4) is 0 Å². The second-order valence-electron chi connectivity index (χ2n) is 5.25. The molecule has 0 saturated heterocycles. The molecular formula is C11H26NO8+. The summed E-state index contributed by atoms with van der Waals surface area (Å²) in [5.41, 5.74) is 0. The van der Waals surface area contributed by atoms with Crippen LogP contribution in [0.1, 0.15) is 0 Å². The Morgan fingerprint density at radius 1 is 1.00 bits per heavy atom. The summed E-state index contributed by atoms with van der Waals surface area (Å²) in [4.78, 5) is 10.1. The molecule has 0 aliphatic rings. The first-order chi connectivity index (χ1) is 8.97. The van der Waals surface area contributed by atoms with Gasteiger partial charge >= 0.3 is 5.97 Å². The smallest absolute Gasteiger partial charge is 0.335 e. The van der Waals surface area contributed by atoms with E-state index in [1.54, 1.807) is 0 Å². The highest BCUT2D eigenvalue weighted by Gasteiger charge is 2.33. The number of rotatable bonds is 7. The van der Waals surface area contributed by atoms with Gasteiger partial charge in [0.15, 0.2) is 6.10 Å². The average molecular weight is 300 g/mol. The van der Waals surface area contributed by atoms with Crippen molar-refractivity contribution in [3.63, 3.8) is 0 Å². The van der Waals surface area contributed by atoms with Crippen molar-refractivity contribution in [3.8, 4) is 0 Å². The van der Waals surface area contributed by atoms with Crippen molar-refractivity contribution in [1.29, 1.82) is 0 Å². The molecule has 9 nitrogen and oxygen atoms in total. The first-order valence-electron chi connectivity index (χ1n) is 5.95. The van der Waals surface area contributed by atoms with Crippen LogP contribution in [0.25, 0.3) is 0 Å². The predicted octanol–water partition coefficient (Wildman–Crippen LogP) is -3.81. The summed E-state index contributed by atoms with van der Waals surface area (Å²) in [6, 6.07) is 0. The van der Waals surface area contributed by atoms with E-state index < -0.39 is 37.0 Å². The van der Waals surface area contributed by atoms with Gasteiger partial charge in [0.1, 0.15) is 24.9 Å². The minimum absolute atomic E-state index is 0.281. The van der Waals surface area contributed by atoms with Gasteiger partial charge in [0, 0.05) is 0 Å². The molecule has 0 aliphatic heterocycles. The Bertz CT molecular complexity index is 268. The molecule has 0 rings (SSSR count). The van der Waals surface area contributed by atoms with E-state index in [0.717, 1.165) is 11.0 Å². The van der Waals surface area contributed by atoms with Crippen LogP contribution in [0.15, 0.2) is 0 Å². The maximum atomic E-state index is 10.1. The molecule has 0 radical (unpaired) electrons. The molecule has 0 aromatic heterocycles. The minimum atomic E-state index is -2.20. The molecule has 0 bridgehead atoms. The number of hydrogen-bond donors (Lipinski definition) is 7. The van der Waals surface area contributed by atoms with Gasteiger partial charge in [-0.2, -0.15) is 0 Å². The number of carbonyl (C=O) groups is 1. The van der Waals surface area contributed by atoms with Crippen molar-refractivity contribution in [3.05, 3.63) is 0 Å². The second-order valence-corrected chi connectivity index (χ2v) is 5.25. The van der Waals surface area contributed by atoms with Gasteiger partial charge in [-0.3, -0.25) is 0 Å². The van der Waals surface area contributed by atoms with Crippen molar-refractivity contribution < 1.29 is 45.0 Å². The van der Waals surface area contributed by atoms with Crippen LogP contribution in [0.5, 0.6) is 0 Å². The Morgan fingerprint density at radius 2 is 1.45 bits per heavy atom. The molecule has 0 spiro atoms. The third-order valence-electron chi connectivity index (χ3n) is 2.28. The van der Waals surface area contributed by atoms with Gasteiger partial charge in [0.2, 0.25) is 0 Å². The Morgan fingerprint density at radius 3 is 1.65 bits per heavy atom. The van der Waals surface area contributed by atoms with Crippen molar-refractivity contribution in [2.45, 2.75) is 24.4 Å². The molecule has 0 aliphatic carbocycles. The number of aliphatic hydroxyl groups excluding tert-OH is 6. The molecule has 0 aromatic rings. The van der Waals surface area contributed by atoms with Gasteiger partial charge in [-0.1, -0.05) is 0 Å². The fraction of sp³-hybridized carbons (Fsp3) is 0.909. The summed E-state index contributed by atoms with van der Waals surface area (Å²) in [6.07, 6.45) is -7.84. The summed E-state index contributed by atoms with van der Waals surface area (Å²) >= 11 is 0. The molecule has 9 heteroatoms. The first kappa shape index (κ1) is 21.5. The van der Waals surface area contributed by atoms with Crippen LogP contribution >= 0.6 is 0 Å². The molecule has 0 aromatic carbocycles. The van der Waals surface area contributed by atoms with Gasteiger partial charge in [-0.25, -0.2) is 4.79 Å². The zero-order valence-electron chi connectivity index (χ0n) is 11.9. The predicted molar refractivity (Wildman–Crippen MR) is 68.7 cm³/mol. The lowest BCUT2D eigenvalue weighted by Gasteiger charge is -2.23. The average Bonchev–Trinajstić information content (AvgIpc) is 2.34. The SMILES string of the molecule is C[N+](C)(C)CCO.O=C(O)C(O)C(O)C(O)C(O)CO. The van der Waals surface area contributed by atoms with Crippen LogP contribution in [0.2, 0.25) is 0 Å². The fourth-order valence-corrected chi connectivity index (χ4v) is 0.968. The number of quaternary nitrogens is 1. The summed E-state index contributed by atoms with van der Waals surface area (Å²) in [5, 5.41) is 60.2. The molecule has 0 saturated carbocycles. The molecule has 0 fully saturated rings. The van der Waals surface area contributed by atoms with Crippen LogP contribution in [-0.4, -0.2) is 112 Å².